The number of hydrogen-bond acceptors (Lipinski definition) is 7. The first-order valence-electron chi connectivity index (χ1n) is 10.0. The van der Waals surface area contributed by atoms with Gasteiger partial charge in [-0.25, -0.2) is 18.9 Å². The van der Waals surface area contributed by atoms with E-state index >= 15 is 0 Å². The summed E-state index contributed by atoms with van der Waals surface area (Å²) in [6.45, 7) is 0.296. The Kier molecular flexibility index (Phi) is 4.25. The maximum Gasteiger partial charge on any atom is 0.312 e. The van der Waals surface area contributed by atoms with E-state index in [9.17, 15) is 13.6 Å². The number of carbonyl (C=O) groups excluding carboxylic acids is 1. The number of aromatic nitrogens is 7. The fourth-order valence-corrected chi connectivity index (χ4v) is 4.00. The highest BCUT2D eigenvalue weighted by molar-refractivity contribution is 5.90. The molecule has 0 unspecified atom stereocenters. The second kappa shape index (κ2) is 7.29. The number of nitrogens with zero attached hydrogens (tertiary/aromatic N) is 7. The molecule has 5 aromatic heterocycles. The molecule has 1 N–H and O–H groups in total. The first-order valence-corrected chi connectivity index (χ1v) is 10.0. The van der Waals surface area contributed by atoms with Crippen molar-refractivity contribution in [3.63, 3.8) is 0 Å². The molecule has 6 heterocycles. The summed E-state index contributed by atoms with van der Waals surface area (Å²) in [5.41, 5.74) is 2.25. The minimum Gasteiger partial charge on any atom is -0.411 e. The van der Waals surface area contributed by atoms with Crippen molar-refractivity contribution in [2.24, 2.45) is 0 Å². The summed E-state index contributed by atoms with van der Waals surface area (Å²) in [6.07, 6.45) is 3.43. The van der Waals surface area contributed by atoms with Gasteiger partial charge in [0, 0.05) is 24.9 Å². The lowest BCUT2D eigenvalue weighted by Crippen LogP contribution is -2.41. The summed E-state index contributed by atoms with van der Waals surface area (Å²) in [5, 5.41) is 12.0. The molecule has 0 bridgehead atoms. The van der Waals surface area contributed by atoms with E-state index in [-0.39, 0.29) is 17.5 Å². The third kappa shape index (κ3) is 3.06. The molecule has 1 atom stereocenters. The van der Waals surface area contributed by atoms with Crippen LogP contribution in [0.4, 0.5) is 8.78 Å². The SMILES string of the molecule is O=C(c1nnc(-c2ncccc2F)o1)N1CCc2[nH]cnc2[C@@H]1c1cc2cccc(F)n2n1. The monoisotopic (exact) mass is 448 g/mol. The van der Waals surface area contributed by atoms with Gasteiger partial charge in [-0.05, 0) is 30.3 Å². The van der Waals surface area contributed by atoms with Gasteiger partial charge < -0.3 is 14.3 Å². The average molecular weight is 448 g/mol. The van der Waals surface area contributed by atoms with E-state index in [4.69, 9.17) is 4.42 Å². The third-order valence-electron chi connectivity index (χ3n) is 5.49. The van der Waals surface area contributed by atoms with E-state index in [0.717, 1.165) is 10.2 Å². The minimum absolute atomic E-state index is 0.148. The predicted molar refractivity (Wildman–Crippen MR) is 108 cm³/mol. The number of amides is 1. The van der Waals surface area contributed by atoms with Gasteiger partial charge in [0.15, 0.2) is 11.5 Å². The lowest BCUT2D eigenvalue weighted by Gasteiger charge is -2.32. The van der Waals surface area contributed by atoms with Gasteiger partial charge in [-0.3, -0.25) is 4.79 Å². The van der Waals surface area contributed by atoms with Gasteiger partial charge in [-0.15, -0.1) is 10.2 Å². The summed E-state index contributed by atoms with van der Waals surface area (Å²) < 4.78 is 34.9. The van der Waals surface area contributed by atoms with Crippen LogP contribution in [0.5, 0.6) is 0 Å². The lowest BCUT2D eigenvalue weighted by molar-refractivity contribution is 0.0646. The number of hydrogen-bond donors (Lipinski definition) is 1. The standard InChI is InChI=1S/C21H14F2N8O2/c22-12-4-2-7-24-16(12)19-27-28-20(33-19)21(32)30-8-6-13-17(26-10-25-13)18(30)14-9-11-3-1-5-15(23)31(11)29-14/h1-5,7,9-10,18H,6,8H2,(H,25,26)/t18-/m0/s1. The average Bonchev–Trinajstić information content (AvgIpc) is 3.57. The molecule has 12 heteroatoms. The number of H-pyrrole nitrogens is 1. The molecule has 1 aliphatic rings. The van der Waals surface area contributed by atoms with Crippen LogP contribution in [0.2, 0.25) is 0 Å². The maximum absolute atomic E-state index is 14.2. The molecule has 0 fully saturated rings. The lowest BCUT2D eigenvalue weighted by atomic mass is 9.99. The molecule has 0 aromatic carbocycles. The van der Waals surface area contributed by atoms with Gasteiger partial charge in [-0.1, -0.05) is 6.07 Å². The first kappa shape index (κ1) is 19.2. The van der Waals surface area contributed by atoms with Gasteiger partial charge >= 0.3 is 11.8 Å². The number of halogens is 2. The zero-order valence-electron chi connectivity index (χ0n) is 16.8. The summed E-state index contributed by atoms with van der Waals surface area (Å²) >= 11 is 0. The highest BCUT2D eigenvalue weighted by atomic mass is 19.1. The van der Waals surface area contributed by atoms with Crippen LogP contribution >= 0.6 is 0 Å². The van der Waals surface area contributed by atoms with Crippen LogP contribution in [0.25, 0.3) is 17.1 Å². The molecule has 33 heavy (non-hydrogen) atoms. The van der Waals surface area contributed by atoms with Crippen LogP contribution in [0, 0.1) is 11.8 Å². The zero-order valence-corrected chi connectivity index (χ0v) is 16.8. The van der Waals surface area contributed by atoms with Crippen LogP contribution < -0.4 is 0 Å². The number of rotatable bonds is 3. The van der Waals surface area contributed by atoms with Gasteiger partial charge in [-0.2, -0.15) is 9.49 Å². The normalized spacial score (nSPS) is 15.7. The fraction of sp³-hybridized carbons (Fsp3) is 0.143. The van der Waals surface area contributed by atoms with Crippen molar-refractivity contribution >= 4 is 11.4 Å². The van der Waals surface area contributed by atoms with Crippen LogP contribution in [0.3, 0.4) is 0 Å². The maximum atomic E-state index is 14.2. The quantitative estimate of drug-likeness (QED) is 0.422. The number of nitrogens with one attached hydrogen (secondary N) is 1. The molecule has 0 spiro atoms. The number of pyridine rings is 2. The molecular weight excluding hydrogens is 434 g/mol. The number of carbonyl (C=O) groups is 1. The van der Waals surface area contributed by atoms with Crippen LogP contribution in [0.15, 0.2) is 53.3 Å². The summed E-state index contributed by atoms with van der Waals surface area (Å²) in [4.78, 5) is 26.2. The van der Waals surface area contributed by atoms with Crippen LogP contribution in [-0.2, 0) is 6.42 Å². The van der Waals surface area contributed by atoms with Crippen molar-refractivity contribution in [3.8, 4) is 11.6 Å². The first-order chi connectivity index (χ1) is 16.1. The van der Waals surface area contributed by atoms with Crippen LogP contribution in [-0.4, -0.2) is 52.1 Å². The largest absolute Gasteiger partial charge is 0.411 e. The van der Waals surface area contributed by atoms with Gasteiger partial charge in [0.25, 0.3) is 5.89 Å². The minimum atomic E-state index is -0.714. The molecule has 0 aliphatic carbocycles. The Balaban J connectivity index is 1.41. The second-order valence-electron chi connectivity index (χ2n) is 7.42. The van der Waals surface area contributed by atoms with Crippen molar-refractivity contribution < 1.29 is 18.0 Å². The van der Waals surface area contributed by atoms with Crippen LogP contribution in [0.1, 0.15) is 33.8 Å². The Bertz CT molecular complexity index is 1510. The second-order valence-corrected chi connectivity index (χ2v) is 7.42. The smallest absolute Gasteiger partial charge is 0.312 e. The third-order valence-corrected chi connectivity index (χ3v) is 5.49. The van der Waals surface area contributed by atoms with E-state index in [1.807, 2.05) is 0 Å². The molecular formula is C21H14F2N8O2. The molecule has 0 saturated carbocycles. The van der Waals surface area contributed by atoms with E-state index in [2.05, 4.69) is 30.2 Å². The van der Waals surface area contributed by atoms with E-state index in [1.165, 1.54) is 35.6 Å². The van der Waals surface area contributed by atoms with Crippen molar-refractivity contribution in [2.75, 3.05) is 6.54 Å². The number of imidazole rings is 1. The van der Waals surface area contributed by atoms with Crippen molar-refractivity contribution in [2.45, 2.75) is 12.5 Å². The number of aromatic amines is 1. The Hall–Kier alpha value is -4.48. The Morgan fingerprint density at radius 2 is 2.06 bits per heavy atom. The van der Waals surface area contributed by atoms with Gasteiger partial charge in [0.2, 0.25) is 5.95 Å². The fourth-order valence-electron chi connectivity index (χ4n) is 4.00. The van der Waals surface area contributed by atoms with Gasteiger partial charge in [0.05, 0.1) is 23.2 Å². The van der Waals surface area contributed by atoms with E-state index in [1.54, 1.807) is 18.2 Å². The zero-order chi connectivity index (χ0) is 22.5. The Labute approximate surface area is 183 Å². The van der Waals surface area contributed by atoms with E-state index < -0.39 is 23.7 Å². The van der Waals surface area contributed by atoms with Crippen molar-refractivity contribution in [1.82, 2.24) is 39.7 Å². The highest BCUT2D eigenvalue weighted by Gasteiger charge is 2.38. The number of fused-ring (bicyclic) bond motifs is 2. The Morgan fingerprint density at radius 1 is 1.15 bits per heavy atom. The highest BCUT2D eigenvalue weighted by Crippen LogP contribution is 2.34. The van der Waals surface area contributed by atoms with Gasteiger partial charge in [0.1, 0.15) is 6.04 Å². The molecule has 0 saturated heterocycles. The van der Waals surface area contributed by atoms with Crippen molar-refractivity contribution in [1.29, 1.82) is 0 Å². The summed E-state index contributed by atoms with van der Waals surface area (Å²) in [5.74, 6) is -2.30. The molecule has 164 valence electrons. The summed E-state index contributed by atoms with van der Waals surface area (Å²) in [6, 6.07) is 8.20. The van der Waals surface area contributed by atoms with Crippen molar-refractivity contribution in [3.05, 3.63) is 83.7 Å². The predicted octanol–water partition coefficient (Wildman–Crippen LogP) is 2.57. The topological polar surface area (TPSA) is 118 Å². The molecule has 6 rings (SSSR count). The Morgan fingerprint density at radius 3 is 2.91 bits per heavy atom. The molecule has 1 amide bonds. The summed E-state index contributed by atoms with van der Waals surface area (Å²) in [7, 11) is 0. The molecule has 5 aromatic rings. The molecule has 10 nitrogen and oxygen atoms in total. The molecule has 1 aliphatic heterocycles. The molecule has 0 radical (unpaired) electrons. The van der Waals surface area contributed by atoms with E-state index in [0.29, 0.717) is 29.9 Å².